The summed E-state index contributed by atoms with van der Waals surface area (Å²) in [6, 6.07) is 5.86. The van der Waals surface area contributed by atoms with Gasteiger partial charge in [0, 0.05) is 4.83 Å². The average Bonchev–Trinajstić information content (AvgIpc) is 2.87. The van der Waals surface area contributed by atoms with Crippen LogP contribution < -0.4 is 10.1 Å². The Bertz CT molecular complexity index is 642. The number of nitrogens with one attached hydrogen (secondary N) is 1. The number of halogens is 1. The maximum absolute atomic E-state index is 13.1. The van der Waals surface area contributed by atoms with Gasteiger partial charge in [-0.15, -0.1) is 0 Å². The van der Waals surface area contributed by atoms with Crippen molar-refractivity contribution in [1.82, 2.24) is 0 Å². The first kappa shape index (κ1) is 15.9. The summed E-state index contributed by atoms with van der Waals surface area (Å²) in [6.45, 7) is 8.76. The van der Waals surface area contributed by atoms with E-state index in [0.717, 1.165) is 24.1 Å². The Kier molecular flexibility index (Phi) is 3.41. The molecule has 1 aromatic rings. The van der Waals surface area contributed by atoms with Crippen LogP contribution in [0.2, 0.25) is 0 Å². The fourth-order valence-electron chi connectivity index (χ4n) is 4.61. The van der Waals surface area contributed by atoms with Gasteiger partial charge in [-0.3, -0.25) is 4.79 Å². The lowest BCUT2D eigenvalue weighted by atomic mass is 9.43. The van der Waals surface area contributed by atoms with Crippen LogP contribution in [0, 0.1) is 23.2 Å². The number of rotatable bonds is 3. The van der Waals surface area contributed by atoms with Gasteiger partial charge in [-0.25, -0.2) is 0 Å². The van der Waals surface area contributed by atoms with E-state index in [1.54, 1.807) is 7.11 Å². The summed E-state index contributed by atoms with van der Waals surface area (Å²) < 4.78 is 5.38. The molecule has 3 saturated carbocycles. The van der Waals surface area contributed by atoms with Crippen LogP contribution in [0.1, 0.15) is 39.2 Å². The predicted octanol–water partition coefficient (Wildman–Crippen LogP) is 4.53. The van der Waals surface area contributed by atoms with E-state index in [2.05, 4.69) is 42.0 Å². The molecule has 3 aliphatic rings. The minimum Gasteiger partial charge on any atom is -0.495 e. The molecule has 3 nitrogen and oxygen atoms in total. The Hall–Kier alpha value is -1.03. The second kappa shape index (κ2) is 4.73. The van der Waals surface area contributed by atoms with Crippen LogP contribution >= 0.6 is 15.9 Å². The highest BCUT2D eigenvalue weighted by Crippen LogP contribution is 2.79. The lowest BCUT2D eigenvalue weighted by Crippen LogP contribution is -2.68. The van der Waals surface area contributed by atoms with Crippen molar-refractivity contribution in [2.45, 2.75) is 45.4 Å². The second-order valence-electron chi connectivity index (χ2n) is 7.53. The van der Waals surface area contributed by atoms with Gasteiger partial charge in [0.05, 0.1) is 18.2 Å². The zero-order valence-electron chi connectivity index (χ0n) is 13.9. The third kappa shape index (κ3) is 1.65. The molecule has 0 saturated heterocycles. The minimum absolute atomic E-state index is 0.00465. The normalized spacial score (nSPS) is 34.9. The van der Waals surface area contributed by atoms with Crippen LogP contribution in [-0.2, 0) is 4.79 Å². The van der Waals surface area contributed by atoms with E-state index in [0.29, 0.717) is 5.75 Å². The van der Waals surface area contributed by atoms with Crippen LogP contribution in [-0.4, -0.2) is 17.8 Å². The molecule has 3 unspecified atom stereocenters. The summed E-state index contributed by atoms with van der Waals surface area (Å²) in [5.41, 5.74) is 1.72. The molecule has 0 heterocycles. The van der Waals surface area contributed by atoms with Crippen LogP contribution in [0.15, 0.2) is 18.2 Å². The van der Waals surface area contributed by atoms with Crippen molar-refractivity contribution >= 4 is 27.5 Å². The monoisotopic (exact) mass is 365 g/mol. The van der Waals surface area contributed by atoms with Gasteiger partial charge in [0.25, 0.3) is 0 Å². The summed E-state index contributed by atoms with van der Waals surface area (Å²) in [4.78, 5) is 13.4. The number of carbonyl (C=O) groups is 1. The minimum atomic E-state index is -0.337. The Morgan fingerprint density at radius 2 is 2.00 bits per heavy atom. The molecule has 22 heavy (non-hydrogen) atoms. The van der Waals surface area contributed by atoms with Gasteiger partial charge >= 0.3 is 0 Å². The number of benzene rings is 1. The SMILES string of the molecule is COc1ccc(C)cc1NC(=O)C12CCC(C)(C1Br)C2(C)C. The Morgan fingerprint density at radius 3 is 2.50 bits per heavy atom. The number of carbonyl (C=O) groups excluding carboxylic acids is 1. The van der Waals surface area contributed by atoms with Crippen molar-refractivity contribution in [3.05, 3.63) is 23.8 Å². The van der Waals surface area contributed by atoms with Crippen molar-refractivity contribution < 1.29 is 9.53 Å². The molecule has 0 radical (unpaired) electrons. The standard InChI is InChI=1S/C18H24BrNO2/c1-11-6-7-13(22-5)12(10-11)20-15(21)18-9-8-17(4,14(18)19)16(18,2)3/h6-7,10,14H,8-9H2,1-5H3,(H,20,21). The van der Waals surface area contributed by atoms with E-state index < -0.39 is 0 Å². The van der Waals surface area contributed by atoms with Crippen molar-refractivity contribution in [2.75, 3.05) is 12.4 Å². The molecule has 3 fully saturated rings. The number of aryl methyl sites for hydroxylation is 1. The van der Waals surface area contributed by atoms with E-state index in [4.69, 9.17) is 4.74 Å². The summed E-state index contributed by atoms with van der Waals surface area (Å²) in [5.74, 6) is 0.817. The van der Waals surface area contributed by atoms with Gasteiger partial charge in [-0.1, -0.05) is 42.8 Å². The Morgan fingerprint density at radius 1 is 1.32 bits per heavy atom. The number of methoxy groups -OCH3 is 1. The number of alkyl halides is 1. The smallest absolute Gasteiger partial charge is 0.232 e. The number of hydrogen-bond acceptors (Lipinski definition) is 2. The molecule has 4 rings (SSSR count). The number of fused-ring (bicyclic) bond motifs is 1. The van der Waals surface area contributed by atoms with Crippen molar-refractivity contribution in [2.24, 2.45) is 16.2 Å². The molecule has 120 valence electrons. The lowest BCUT2D eigenvalue weighted by molar-refractivity contribution is -0.156. The summed E-state index contributed by atoms with van der Waals surface area (Å²) >= 11 is 3.81. The number of anilines is 1. The fraction of sp³-hybridized carbons (Fsp3) is 0.611. The largest absolute Gasteiger partial charge is 0.495 e. The molecular formula is C18H24BrNO2. The van der Waals surface area contributed by atoms with E-state index in [1.807, 2.05) is 25.1 Å². The van der Waals surface area contributed by atoms with E-state index in [-0.39, 0.29) is 27.0 Å². The molecule has 0 aliphatic heterocycles. The summed E-state index contributed by atoms with van der Waals surface area (Å²) in [7, 11) is 1.63. The zero-order valence-corrected chi connectivity index (χ0v) is 15.5. The Balaban J connectivity index is 1.92. The molecule has 0 aromatic heterocycles. The van der Waals surface area contributed by atoms with Gasteiger partial charge in [-0.2, -0.15) is 0 Å². The molecule has 1 amide bonds. The van der Waals surface area contributed by atoms with Crippen LogP contribution in [0.3, 0.4) is 0 Å². The molecular weight excluding hydrogens is 342 g/mol. The van der Waals surface area contributed by atoms with Crippen LogP contribution in [0.5, 0.6) is 5.75 Å². The lowest BCUT2D eigenvalue weighted by Gasteiger charge is -2.64. The van der Waals surface area contributed by atoms with Gasteiger partial charge < -0.3 is 10.1 Å². The highest BCUT2D eigenvalue weighted by molar-refractivity contribution is 9.09. The van der Waals surface area contributed by atoms with Crippen molar-refractivity contribution in [1.29, 1.82) is 0 Å². The van der Waals surface area contributed by atoms with E-state index in [9.17, 15) is 4.79 Å². The number of hydrogen-bond donors (Lipinski definition) is 1. The maximum Gasteiger partial charge on any atom is 0.232 e. The quantitative estimate of drug-likeness (QED) is 0.798. The molecule has 1 N–H and O–H groups in total. The van der Waals surface area contributed by atoms with Gasteiger partial charge in [-0.05, 0) is 48.3 Å². The second-order valence-corrected chi connectivity index (χ2v) is 8.45. The molecule has 3 aliphatic carbocycles. The third-order valence-electron chi connectivity index (χ3n) is 6.58. The van der Waals surface area contributed by atoms with Gasteiger partial charge in [0.1, 0.15) is 5.75 Å². The fourth-order valence-corrected chi connectivity index (χ4v) is 6.42. The van der Waals surface area contributed by atoms with Crippen LogP contribution in [0.25, 0.3) is 0 Å². The van der Waals surface area contributed by atoms with Crippen LogP contribution in [0.4, 0.5) is 5.69 Å². The highest BCUT2D eigenvalue weighted by Gasteiger charge is 2.80. The molecule has 2 bridgehead atoms. The summed E-state index contributed by atoms with van der Waals surface area (Å²) in [6.07, 6.45) is 2.03. The van der Waals surface area contributed by atoms with Crippen molar-refractivity contribution in [3.8, 4) is 5.75 Å². The van der Waals surface area contributed by atoms with E-state index >= 15 is 0 Å². The van der Waals surface area contributed by atoms with Gasteiger partial charge in [0.2, 0.25) is 5.91 Å². The predicted molar refractivity (Wildman–Crippen MR) is 92.6 cm³/mol. The molecule has 3 atom stereocenters. The summed E-state index contributed by atoms with van der Waals surface area (Å²) in [5, 5.41) is 3.13. The number of ether oxygens (including phenoxy) is 1. The van der Waals surface area contributed by atoms with Crippen molar-refractivity contribution in [3.63, 3.8) is 0 Å². The first-order chi connectivity index (χ1) is 10.2. The highest BCUT2D eigenvalue weighted by atomic mass is 79.9. The first-order valence-corrected chi connectivity index (χ1v) is 8.72. The molecule has 4 heteroatoms. The third-order valence-corrected chi connectivity index (χ3v) is 8.37. The molecule has 1 aromatic carbocycles. The van der Waals surface area contributed by atoms with Gasteiger partial charge in [0.15, 0.2) is 0 Å². The first-order valence-electron chi connectivity index (χ1n) is 7.81. The zero-order chi connectivity index (χ0) is 16.3. The molecule has 0 spiro atoms. The number of amides is 1. The van der Waals surface area contributed by atoms with E-state index in [1.165, 1.54) is 0 Å². The Labute approximate surface area is 140 Å². The topological polar surface area (TPSA) is 38.3 Å². The maximum atomic E-state index is 13.1. The average molecular weight is 366 g/mol.